The van der Waals surface area contributed by atoms with E-state index in [4.69, 9.17) is 4.42 Å². The maximum atomic E-state index is 12.0. The highest BCUT2D eigenvalue weighted by molar-refractivity contribution is 6.08. The fourth-order valence-electron chi connectivity index (χ4n) is 2.75. The average molecular weight is 272 g/mol. The third-order valence-corrected chi connectivity index (χ3v) is 3.72. The first-order valence-corrected chi connectivity index (χ1v) is 6.84. The molecule has 2 nitrogen and oxygen atoms in total. The SMILES string of the molecule is O=c1cc(-c2ccccc2)c2ccc3ccccc3c2o1. The Bertz CT molecular complexity index is 998. The van der Waals surface area contributed by atoms with Crippen LogP contribution in [-0.2, 0) is 0 Å². The van der Waals surface area contributed by atoms with Crippen LogP contribution in [-0.4, -0.2) is 0 Å². The van der Waals surface area contributed by atoms with Crippen molar-refractivity contribution in [2.24, 2.45) is 0 Å². The molecule has 0 aliphatic rings. The second-order valence-electron chi connectivity index (χ2n) is 5.01. The monoisotopic (exact) mass is 272 g/mol. The Labute approximate surface area is 121 Å². The summed E-state index contributed by atoms with van der Waals surface area (Å²) in [4.78, 5) is 12.0. The van der Waals surface area contributed by atoms with Gasteiger partial charge in [-0.2, -0.15) is 0 Å². The van der Waals surface area contributed by atoms with Gasteiger partial charge in [0.2, 0.25) is 0 Å². The Morgan fingerprint density at radius 1 is 0.714 bits per heavy atom. The minimum absolute atomic E-state index is 0.322. The van der Waals surface area contributed by atoms with Crippen LogP contribution < -0.4 is 5.63 Å². The zero-order chi connectivity index (χ0) is 14.2. The van der Waals surface area contributed by atoms with Crippen molar-refractivity contribution in [3.05, 3.63) is 83.2 Å². The van der Waals surface area contributed by atoms with Crippen molar-refractivity contribution in [1.29, 1.82) is 0 Å². The molecular formula is C19H12O2. The van der Waals surface area contributed by atoms with Gasteiger partial charge in [-0.1, -0.05) is 60.7 Å². The fourth-order valence-corrected chi connectivity index (χ4v) is 2.75. The van der Waals surface area contributed by atoms with Gasteiger partial charge in [-0.05, 0) is 22.6 Å². The van der Waals surface area contributed by atoms with Crippen molar-refractivity contribution in [2.75, 3.05) is 0 Å². The quantitative estimate of drug-likeness (QED) is 0.374. The van der Waals surface area contributed by atoms with Crippen molar-refractivity contribution in [3.8, 4) is 11.1 Å². The van der Waals surface area contributed by atoms with Crippen molar-refractivity contribution in [2.45, 2.75) is 0 Å². The van der Waals surface area contributed by atoms with E-state index >= 15 is 0 Å². The van der Waals surface area contributed by atoms with Gasteiger partial charge in [0, 0.05) is 16.8 Å². The van der Waals surface area contributed by atoms with Gasteiger partial charge in [0.05, 0.1) is 0 Å². The van der Waals surface area contributed by atoms with Crippen molar-refractivity contribution in [3.63, 3.8) is 0 Å². The highest BCUT2D eigenvalue weighted by Crippen LogP contribution is 2.31. The number of fused-ring (bicyclic) bond motifs is 3. The lowest BCUT2D eigenvalue weighted by molar-refractivity contribution is 0.564. The molecule has 2 heteroatoms. The van der Waals surface area contributed by atoms with E-state index in [1.54, 1.807) is 6.07 Å². The van der Waals surface area contributed by atoms with Gasteiger partial charge < -0.3 is 4.42 Å². The molecule has 0 saturated heterocycles. The molecule has 0 unspecified atom stereocenters. The molecule has 0 aliphatic heterocycles. The minimum Gasteiger partial charge on any atom is -0.422 e. The predicted octanol–water partition coefficient (Wildman–Crippen LogP) is 4.61. The van der Waals surface area contributed by atoms with Crippen LogP contribution in [0.3, 0.4) is 0 Å². The van der Waals surface area contributed by atoms with Crippen molar-refractivity contribution < 1.29 is 4.42 Å². The first kappa shape index (κ1) is 11.9. The molecule has 0 atom stereocenters. The first-order chi connectivity index (χ1) is 10.3. The second-order valence-corrected chi connectivity index (χ2v) is 5.01. The molecule has 1 aromatic heterocycles. The van der Waals surface area contributed by atoms with E-state index in [-0.39, 0.29) is 5.63 Å². The highest BCUT2D eigenvalue weighted by atomic mass is 16.4. The summed E-state index contributed by atoms with van der Waals surface area (Å²) in [7, 11) is 0. The molecule has 0 fully saturated rings. The zero-order valence-corrected chi connectivity index (χ0v) is 11.2. The molecule has 0 aliphatic carbocycles. The van der Waals surface area contributed by atoms with Crippen molar-refractivity contribution in [1.82, 2.24) is 0 Å². The van der Waals surface area contributed by atoms with Gasteiger partial charge in [-0.25, -0.2) is 4.79 Å². The number of rotatable bonds is 1. The van der Waals surface area contributed by atoms with Gasteiger partial charge in [-0.15, -0.1) is 0 Å². The van der Waals surface area contributed by atoms with Crippen LogP contribution in [0.2, 0.25) is 0 Å². The lowest BCUT2D eigenvalue weighted by Gasteiger charge is -2.07. The molecule has 0 radical (unpaired) electrons. The molecule has 0 saturated carbocycles. The highest BCUT2D eigenvalue weighted by Gasteiger charge is 2.10. The van der Waals surface area contributed by atoms with Gasteiger partial charge in [0.25, 0.3) is 0 Å². The predicted molar refractivity (Wildman–Crippen MR) is 85.4 cm³/mol. The van der Waals surface area contributed by atoms with Crippen LogP contribution in [0.1, 0.15) is 0 Å². The molecule has 0 amide bonds. The molecule has 0 spiro atoms. The molecule has 21 heavy (non-hydrogen) atoms. The topological polar surface area (TPSA) is 30.2 Å². The Kier molecular flexibility index (Phi) is 2.61. The molecule has 4 rings (SSSR count). The Hall–Kier alpha value is -2.87. The van der Waals surface area contributed by atoms with Gasteiger partial charge in [-0.3, -0.25) is 0 Å². The van der Waals surface area contributed by atoms with E-state index < -0.39 is 0 Å². The van der Waals surface area contributed by atoms with E-state index in [0.717, 1.165) is 27.3 Å². The Morgan fingerprint density at radius 3 is 2.33 bits per heavy atom. The number of benzene rings is 3. The smallest absolute Gasteiger partial charge is 0.336 e. The standard InChI is InChI=1S/C19H12O2/c20-18-12-17(13-6-2-1-3-7-13)16-11-10-14-8-4-5-9-15(14)19(16)21-18/h1-12H. The minimum atomic E-state index is -0.322. The van der Waals surface area contributed by atoms with Crippen LogP contribution in [0.5, 0.6) is 0 Å². The van der Waals surface area contributed by atoms with Crippen LogP contribution in [0.15, 0.2) is 82.0 Å². The van der Waals surface area contributed by atoms with E-state index in [0.29, 0.717) is 5.58 Å². The summed E-state index contributed by atoms with van der Waals surface area (Å²) < 4.78 is 5.48. The van der Waals surface area contributed by atoms with Crippen LogP contribution >= 0.6 is 0 Å². The molecule has 1 heterocycles. The third kappa shape index (κ3) is 1.93. The van der Waals surface area contributed by atoms with E-state index in [2.05, 4.69) is 6.07 Å². The normalized spacial score (nSPS) is 11.0. The summed E-state index contributed by atoms with van der Waals surface area (Å²) in [5, 5.41) is 2.99. The number of hydrogen-bond donors (Lipinski definition) is 0. The Morgan fingerprint density at radius 2 is 1.48 bits per heavy atom. The van der Waals surface area contributed by atoms with Crippen LogP contribution in [0, 0.1) is 0 Å². The molecule has 0 bridgehead atoms. The maximum absolute atomic E-state index is 12.0. The lowest BCUT2D eigenvalue weighted by atomic mass is 9.99. The largest absolute Gasteiger partial charge is 0.422 e. The van der Waals surface area contributed by atoms with Gasteiger partial charge in [0.15, 0.2) is 0 Å². The summed E-state index contributed by atoms with van der Waals surface area (Å²) in [5.41, 5.74) is 2.26. The number of hydrogen-bond acceptors (Lipinski definition) is 2. The van der Waals surface area contributed by atoms with Crippen LogP contribution in [0.4, 0.5) is 0 Å². The maximum Gasteiger partial charge on any atom is 0.336 e. The van der Waals surface area contributed by atoms with Crippen molar-refractivity contribution >= 4 is 21.7 Å². The second kappa shape index (κ2) is 4.60. The fraction of sp³-hybridized carbons (Fsp3) is 0. The van der Waals surface area contributed by atoms with E-state index in [9.17, 15) is 4.79 Å². The van der Waals surface area contributed by atoms with Crippen LogP contribution in [0.25, 0.3) is 32.9 Å². The summed E-state index contributed by atoms with van der Waals surface area (Å²) in [6, 6.07) is 23.5. The first-order valence-electron chi connectivity index (χ1n) is 6.84. The summed E-state index contributed by atoms with van der Waals surface area (Å²) in [6.07, 6.45) is 0. The van der Waals surface area contributed by atoms with E-state index in [1.807, 2.05) is 60.7 Å². The summed E-state index contributed by atoms with van der Waals surface area (Å²) in [6.45, 7) is 0. The molecule has 100 valence electrons. The Balaban J connectivity index is 2.18. The molecular weight excluding hydrogens is 260 g/mol. The molecule has 3 aromatic carbocycles. The molecule has 4 aromatic rings. The van der Waals surface area contributed by atoms with E-state index in [1.165, 1.54) is 0 Å². The summed E-state index contributed by atoms with van der Waals surface area (Å²) in [5.74, 6) is 0. The van der Waals surface area contributed by atoms with Gasteiger partial charge in [0.1, 0.15) is 5.58 Å². The summed E-state index contributed by atoms with van der Waals surface area (Å²) >= 11 is 0. The lowest BCUT2D eigenvalue weighted by Crippen LogP contribution is -1.98. The zero-order valence-electron chi connectivity index (χ0n) is 11.2. The molecule has 0 N–H and O–H groups in total. The van der Waals surface area contributed by atoms with Gasteiger partial charge >= 0.3 is 5.63 Å². The average Bonchev–Trinajstić information content (AvgIpc) is 2.55. The third-order valence-electron chi connectivity index (χ3n) is 3.72.